The minimum absolute atomic E-state index is 0.212. The lowest BCUT2D eigenvalue weighted by Crippen LogP contribution is -2.13. The van der Waals surface area contributed by atoms with Crippen molar-refractivity contribution in [3.05, 3.63) is 61.6 Å². The highest BCUT2D eigenvalue weighted by atomic mass is 127. The molecule has 0 amide bonds. The number of benzene rings is 2. The molecule has 0 heterocycles. The van der Waals surface area contributed by atoms with E-state index in [4.69, 9.17) is 4.74 Å². The lowest BCUT2D eigenvalue weighted by molar-refractivity contribution is 0.0978. The van der Waals surface area contributed by atoms with Gasteiger partial charge in [-0.15, -0.1) is 0 Å². The van der Waals surface area contributed by atoms with E-state index in [1.165, 1.54) is 0 Å². The molecule has 2 rings (SSSR count). The van der Waals surface area contributed by atoms with Crippen molar-refractivity contribution in [3.8, 4) is 11.8 Å². The van der Waals surface area contributed by atoms with Gasteiger partial charge in [-0.3, -0.25) is 4.79 Å². The zero-order valence-corrected chi connectivity index (χ0v) is 14.9. The number of hydrogen-bond acceptors (Lipinski definition) is 3. The van der Waals surface area contributed by atoms with E-state index in [2.05, 4.69) is 44.6 Å². The molecule has 0 aliphatic carbocycles. The first-order valence-corrected chi connectivity index (χ1v) is 7.97. The smallest absolute Gasteiger partial charge is 0.185 e. The van der Waals surface area contributed by atoms with Crippen LogP contribution in [0.1, 0.15) is 21.8 Å². The summed E-state index contributed by atoms with van der Waals surface area (Å²) in [5.74, 6) is -0.427. The van der Waals surface area contributed by atoms with E-state index in [1.807, 2.05) is 12.1 Å². The number of ether oxygens (including phenoxy) is 1. The highest BCUT2D eigenvalue weighted by Gasteiger charge is 2.24. The van der Waals surface area contributed by atoms with Crippen molar-refractivity contribution < 1.29 is 9.53 Å². The van der Waals surface area contributed by atoms with Crippen LogP contribution in [0.3, 0.4) is 0 Å². The van der Waals surface area contributed by atoms with Gasteiger partial charge in [0.15, 0.2) is 5.78 Å². The van der Waals surface area contributed by atoms with Gasteiger partial charge in [-0.25, -0.2) is 0 Å². The van der Waals surface area contributed by atoms with E-state index < -0.39 is 5.92 Å². The minimum atomic E-state index is -0.845. The van der Waals surface area contributed by atoms with Crippen LogP contribution in [0.4, 0.5) is 0 Å². The van der Waals surface area contributed by atoms with Crippen LogP contribution < -0.4 is 4.74 Å². The number of rotatable bonds is 4. The average molecular weight is 456 g/mol. The summed E-state index contributed by atoms with van der Waals surface area (Å²) in [7, 11) is 1.56. The second kappa shape index (κ2) is 7.05. The summed E-state index contributed by atoms with van der Waals surface area (Å²) in [5, 5.41) is 9.41. The van der Waals surface area contributed by atoms with Crippen molar-refractivity contribution in [2.24, 2.45) is 0 Å². The molecule has 2 aromatic carbocycles. The molecule has 0 saturated carbocycles. The topological polar surface area (TPSA) is 50.1 Å². The number of ketones is 1. The van der Waals surface area contributed by atoms with Gasteiger partial charge >= 0.3 is 0 Å². The van der Waals surface area contributed by atoms with Gasteiger partial charge in [-0.2, -0.15) is 5.26 Å². The Kier molecular flexibility index (Phi) is 5.37. The Hall–Kier alpha value is -1.39. The number of nitrogens with zero attached hydrogens (tertiary/aromatic N) is 1. The van der Waals surface area contributed by atoms with Crippen molar-refractivity contribution in [2.45, 2.75) is 5.92 Å². The standard InChI is InChI=1S/C16H11BrINO2/c1-21-12-4-2-3-10(7-12)14(9-19)16(20)13-8-11(17)5-6-15(13)18/h2-8,14H,1H3. The van der Waals surface area contributed by atoms with Crippen molar-refractivity contribution in [2.75, 3.05) is 7.11 Å². The maximum Gasteiger partial charge on any atom is 0.185 e. The van der Waals surface area contributed by atoms with Gasteiger partial charge in [-0.05, 0) is 58.5 Å². The van der Waals surface area contributed by atoms with Gasteiger partial charge in [0.25, 0.3) is 0 Å². The summed E-state index contributed by atoms with van der Waals surface area (Å²) >= 11 is 5.46. The molecule has 0 bridgehead atoms. The van der Waals surface area contributed by atoms with Crippen LogP contribution in [0.5, 0.6) is 5.75 Å². The van der Waals surface area contributed by atoms with Crippen LogP contribution >= 0.6 is 38.5 Å². The fraction of sp³-hybridized carbons (Fsp3) is 0.125. The van der Waals surface area contributed by atoms with Crippen LogP contribution in [0.15, 0.2) is 46.9 Å². The molecule has 0 radical (unpaired) electrons. The lowest BCUT2D eigenvalue weighted by Gasteiger charge is -2.11. The minimum Gasteiger partial charge on any atom is -0.497 e. The van der Waals surface area contributed by atoms with Crippen LogP contribution in [0, 0.1) is 14.9 Å². The van der Waals surface area contributed by atoms with Gasteiger partial charge in [0.05, 0.1) is 13.2 Å². The van der Waals surface area contributed by atoms with Gasteiger partial charge < -0.3 is 4.74 Å². The Labute approximate surface area is 145 Å². The fourth-order valence-corrected chi connectivity index (χ4v) is 2.91. The zero-order valence-electron chi connectivity index (χ0n) is 11.1. The van der Waals surface area contributed by atoms with Crippen LogP contribution in [-0.2, 0) is 0 Å². The third-order valence-electron chi connectivity index (χ3n) is 3.01. The Bertz CT molecular complexity index is 724. The van der Waals surface area contributed by atoms with E-state index in [9.17, 15) is 10.1 Å². The van der Waals surface area contributed by atoms with Crippen LogP contribution in [0.2, 0.25) is 0 Å². The number of Topliss-reactive ketones (excluding diaryl/α,β-unsaturated/α-hetero) is 1. The molecule has 0 spiro atoms. The largest absolute Gasteiger partial charge is 0.497 e. The normalized spacial score (nSPS) is 11.5. The number of hydrogen-bond donors (Lipinski definition) is 0. The van der Waals surface area contributed by atoms with Crippen molar-refractivity contribution >= 4 is 44.3 Å². The molecule has 2 aromatic rings. The van der Waals surface area contributed by atoms with E-state index in [0.29, 0.717) is 16.9 Å². The second-order valence-corrected chi connectivity index (χ2v) is 6.41. The molecule has 106 valence electrons. The lowest BCUT2D eigenvalue weighted by atomic mass is 9.92. The molecular formula is C16H11BrINO2. The van der Waals surface area contributed by atoms with Gasteiger partial charge in [0, 0.05) is 13.6 Å². The molecule has 5 heteroatoms. The summed E-state index contributed by atoms with van der Waals surface area (Å²) in [4.78, 5) is 12.7. The molecule has 1 unspecified atom stereocenters. The van der Waals surface area contributed by atoms with Crippen molar-refractivity contribution in [3.63, 3.8) is 0 Å². The number of halogens is 2. The highest BCUT2D eigenvalue weighted by Crippen LogP contribution is 2.27. The SMILES string of the molecule is COc1cccc(C(C#N)C(=O)c2cc(Br)ccc2I)c1. The van der Waals surface area contributed by atoms with E-state index in [0.717, 1.165) is 8.04 Å². The predicted molar refractivity (Wildman–Crippen MR) is 92.5 cm³/mol. The third-order valence-corrected chi connectivity index (χ3v) is 4.45. The summed E-state index contributed by atoms with van der Waals surface area (Å²) in [5.41, 5.74) is 1.18. The molecule has 0 aliphatic heterocycles. The molecule has 0 aliphatic rings. The van der Waals surface area contributed by atoms with Crippen molar-refractivity contribution in [1.29, 1.82) is 5.26 Å². The maximum absolute atomic E-state index is 12.7. The molecule has 21 heavy (non-hydrogen) atoms. The summed E-state index contributed by atoms with van der Waals surface area (Å²) in [6.45, 7) is 0. The molecular weight excluding hydrogens is 445 g/mol. The first-order valence-electron chi connectivity index (χ1n) is 6.09. The number of methoxy groups -OCH3 is 1. The number of carbonyl (C=O) groups excluding carboxylic acids is 1. The quantitative estimate of drug-likeness (QED) is 0.501. The van der Waals surface area contributed by atoms with E-state index in [1.54, 1.807) is 37.4 Å². The van der Waals surface area contributed by atoms with Gasteiger partial charge in [-0.1, -0.05) is 28.1 Å². The Morgan fingerprint density at radius 3 is 2.76 bits per heavy atom. The second-order valence-electron chi connectivity index (χ2n) is 4.33. The summed E-state index contributed by atoms with van der Waals surface area (Å²) in [6.07, 6.45) is 0. The third kappa shape index (κ3) is 3.63. The van der Waals surface area contributed by atoms with E-state index >= 15 is 0 Å². The first kappa shape index (κ1) is 16.0. The molecule has 3 nitrogen and oxygen atoms in total. The van der Waals surface area contributed by atoms with Crippen LogP contribution in [-0.4, -0.2) is 12.9 Å². The monoisotopic (exact) mass is 455 g/mol. The highest BCUT2D eigenvalue weighted by molar-refractivity contribution is 14.1. The maximum atomic E-state index is 12.7. The molecule has 0 fully saturated rings. The predicted octanol–water partition coefficient (Wildman–Crippen LogP) is 4.55. The summed E-state index contributed by atoms with van der Waals surface area (Å²) < 4.78 is 6.78. The average Bonchev–Trinajstić information content (AvgIpc) is 2.50. The van der Waals surface area contributed by atoms with Gasteiger partial charge in [0.1, 0.15) is 11.7 Å². The number of carbonyl (C=O) groups is 1. The van der Waals surface area contributed by atoms with Crippen molar-refractivity contribution in [1.82, 2.24) is 0 Å². The Morgan fingerprint density at radius 2 is 2.10 bits per heavy atom. The zero-order chi connectivity index (χ0) is 15.4. The molecule has 1 atom stereocenters. The van der Waals surface area contributed by atoms with Crippen LogP contribution in [0.25, 0.3) is 0 Å². The Morgan fingerprint density at radius 1 is 1.33 bits per heavy atom. The fourth-order valence-electron chi connectivity index (χ4n) is 1.95. The molecule has 0 aromatic heterocycles. The molecule has 0 N–H and O–H groups in total. The summed E-state index contributed by atoms with van der Waals surface area (Å²) in [6, 6.07) is 14.6. The first-order chi connectivity index (χ1) is 10.1. The van der Waals surface area contributed by atoms with E-state index in [-0.39, 0.29) is 5.78 Å². The molecule has 0 saturated heterocycles. The number of nitriles is 1. The Balaban J connectivity index is 2.43. The van der Waals surface area contributed by atoms with Gasteiger partial charge in [0.2, 0.25) is 0 Å².